The smallest absolute Gasteiger partial charge is 0.408 e. The van der Waals surface area contributed by atoms with Crippen molar-refractivity contribution in [3.63, 3.8) is 0 Å². The minimum absolute atomic E-state index is 0.102. The molecule has 3 amide bonds. The minimum atomic E-state index is -0.841. The van der Waals surface area contributed by atoms with Gasteiger partial charge in [-0.3, -0.25) is 4.79 Å². The number of nitrogens with one attached hydrogen (secondary N) is 4. The van der Waals surface area contributed by atoms with Crippen LogP contribution in [-0.4, -0.2) is 47.8 Å². The zero-order chi connectivity index (χ0) is 26.0. The van der Waals surface area contributed by atoms with Crippen molar-refractivity contribution in [1.82, 2.24) is 20.9 Å². The number of alkyl carbamates (subject to hydrolysis) is 2. The van der Waals surface area contributed by atoms with Gasteiger partial charge < -0.3 is 30.4 Å². The molecule has 0 aliphatic rings. The third-order valence-electron chi connectivity index (χ3n) is 5.24. The van der Waals surface area contributed by atoms with Gasteiger partial charge in [0.25, 0.3) is 0 Å². The summed E-state index contributed by atoms with van der Waals surface area (Å²) in [5, 5.41) is 9.17. The number of hydrogen-bond donors (Lipinski definition) is 4. The fourth-order valence-corrected chi connectivity index (χ4v) is 3.56. The van der Waals surface area contributed by atoms with Crippen molar-refractivity contribution in [3.05, 3.63) is 71.9 Å². The molecule has 192 valence electrons. The van der Waals surface area contributed by atoms with Gasteiger partial charge in [0.15, 0.2) is 0 Å². The summed E-state index contributed by atoms with van der Waals surface area (Å²) in [6.07, 6.45) is 1.45. The fraction of sp³-hybridized carbons (Fsp3) is 0.370. The molecule has 0 fully saturated rings. The van der Waals surface area contributed by atoms with Crippen molar-refractivity contribution < 1.29 is 23.9 Å². The first-order chi connectivity index (χ1) is 17.2. The van der Waals surface area contributed by atoms with Crippen LogP contribution in [-0.2, 0) is 27.3 Å². The summed E-state index contributed by atoms with van der Waals surface area (Å²) in [5.41, 5.74) is 2.13. The number of hydrogen-bond acceptors (Lipinski definition) is 5. The second-order valence-corrected chi connectivity index (χ2v) is 9.40. The van der Waals surface area contributed by atoms with E-state index in [2.05, 4.69) is 20.9 Å². The van der Waals surface area contributed by atoms with Gasteiger partial charge in [-0.25, -0.2) is 9.59 Å². The molecule has 0 radical (unpaired) electrons. The van der Waals surface area contributed by atoms with E-state index in [4.69, 9.17) is 9.47 Å². The third-order valence-corrected chi connectivity index (χ3v) is 5.24. The molecule has 36 heavy (non-hydrogen) atoms. The molecule has 0 bridgehead atoms. The second-order valence-electron chi connectivity index (χ2n) is 9.40. The molecule has 2 aromatic carbocycles. The Labute approximate surface area is 210 Å². The summed E-state index contributed by atoms with van der Waals surface area (Å²) < 4.78 is 10.5. The number of para-hydroxylation sites is 1. The van der Waals surface area contributed by atoms with Gasteiger partial charge in [-0.05, 0) is 44.4 Å². The highest BCUT2D eigenvalue weighted by molar-refractivity contribution is 5.88. The number of amides is 3. The lowest BCUT2D eigenvalue weighted by molar-refractivity contribution is -0.123. The number of aromatic nitrogens is 1. The van der Waals surface area contributed by atoms with Crippen LogP contribution in [0.2, 0.25) is 0 Å². The second kappa shape index (κ2) is 12.6. The summed E-state index contributed by atoms with van der Waals surface area (Å²) in [6.45, 7) is 6.13. The highest BCUT2D eigenvalue weighted by atomic mass is 16.6. The largest absolute Gasteiger partial charge is 0.445 e. The first-order valence-electron chi connectivity index (χ1n) is 12.0. The van der Waals surface area contributed by atoms with Gasteiger partial charge in [-0.15, -0.1) is 0 Å². The lowest BCUT2D eigenvalue weighted by Crippen LogP contribution is -2.48. The van der Waals surface area contributed by atoms with E-state index < -0.39 is 23.8 Å². The van der Waals surface area contributed by atoms with Gasteiger partial charge >= 0.3 is 12.2 Å². The summed E-state index contributed by atoms with van der Waals surface area (Å²) in [7, 11) is 0. The number of aromatic amines is 1. The topological polar surface area (TPSA) is 122 Å². The Morgan fingerprint density at radius 3 is 2.36 bits per heavy atom. The maximum absolute atomic E-state index is 13.0. The van der Waals surface area contributed by atoms with Crippen LogP contribution in [0.4, 0.5) is 9.59 Å². The first kappa shape index (κ1) is 26.6. The molecular formula is C27H34N4O5. The molecule has 3 rings (SSSR count). The van der Waals surface area contributed by atoms with E-state index in [1.54, 1.807) is 20.8 Å². The number of H-pyrrole nitrogens is 1. The molecule has 9 nitrogen and oxygen atoms in total. The zero-order valence-corrected chi connectivity index (χ0v) is 20.9. The van der Waals surface area contributed by atoms with Crippen LogP contribution in [0.25, 0.3) is 10.9 Å². The SMILES string of the molecule is CC(C)(C)OC(=O)NCCCNC(=O)[C@H](Cc1c[nH]c2ccccc12)NC(=O)OCc1ccccc1. The summed E-state index contributed by atoms with van der Waals surface area (Å²) in [4.78, 5) is 40.4. The molecule has 0 aliphatic carbocycles. The maximum atomic E-state index is 13.0. The zero-order valence-electron chi connectivity index (χ0n) is 20.9. The van der Waals surface area contributed by atoms with Crippen LogP contribution in [0.15, 0.2) is 60.8 Å². The van der Waals surface area contributed by atoms with Crippen molar-refractivity contribution in [2.75, 3.05) is 13.1 Å². The van der Waals surface area contributed by atoms with Crippen molar-refractivity contribution in [3.8, 4) is 0 Å². The van der Waals surface area contributed by atoms with Crippen LogP contribution >= 0.6 is 0 Å². The molecule has 3 aromatic rings. The molecule has 0 spiro atoms. The van der Waals surface area contributed by atoms with Gasteiger partial charge in [-0.1, -0.05) is 48.5 Å². The Morgan fingerprint density at radius 1 is 0.917 bits per heavy atom. The molecule has 1 atom stereocenters. The Kier molecular flexibility index (Phi) is 9.32. The fourth-order valence-electron chi connectivity index (χ4n) is 3.56. The molecule has 0 unspecified atom stereocenters. The number of ether oxygens (including phenoxy) is 2. The molecule has 0 aliphatic heterocycles. The number of fused-ring (bicyclic) bond motifs is 1. The van der Waals surface area contributed by atoms with E-state index in [0.717, 1.165) is 22.0 Å². The van der Waals surface area contributed by atoms with Crippen molar-refractivity contribution in [1.29, 1.82) is 0 Å². The summed E-state index contributed by atoms with van der Waals surface area (Å²) >= 11 is 0. The molecule has 9 heteroatoms. The van der Waals surface area contributed by atoms with Gasteiger partial charge in [0.1, 0.15) is 18.2 Å². The summed E-state index contributed by atoms with van der Waals surface area (Å²) in [6, 6.07) is 16.2. The van der Waals surface area contributed by atoms with Gasteiger partial charge in [0.2, 0.25) is 5.91 Å². The Balaban J connectivity index is 1.56. The van der Waals surface area contributed by atoms with E-state index in [-0.39, 0.29) is 18.9 Å². The lowest BCUT2D eigenvalue weighted by Gasteiger charge is -2.20. The average molecular weight is 495 g/mol. The van der Waals surface area contributed by atoms with Gasteiger partial charge in [0, 0.05) is 36.6 Å². The highest BCUT2D eigenvalue weighted by Crippen LogP contribution is 2.19. The van der Waals surface area contributed by atoms with Gasteiger partial charge in [0.05, 0.1) is 0 Å². The lowest BCUT2D eigenvalue weighted by atomic mass is 10.0. The van der Waals surface area contributed by atoms with Crippen LogP contribution in [0.5, 0.6) is 0 Å². The quantitative estimate of drug-likeness (QED) is 0.317. The predicted molar refractivity (Wildman–Crippen MR) is 137 cm³/mol. The normalized spacial score (nSPS) is 12.0. The molecule has 1 aromatic heterocycles. The number of rotatable bonds is 10. The molecular weight excluding hydrogens is 460 g/mol. The third kappa shape index (κ3) is 8.65. The van der Waals surface area contributed by atoms with Crippen LogP contribution in [0.3, 0.4) is 0 Å². The first-order valence-corrected chi connectivity index (χ1v) is 12.0. The standard InChI is InChI=1S/C27H34N4O5/c1-27(2,3)36-25(33)29-15-9-14-28-24(32)23(16-20-17-30-22-13-8-7-12-21(20)22)31-26(34)35-18-19-10-5-4-6-11-19/h4-8,10-13,17,23,30H,9,14-16,18H2,1-3H3,(H,28,32)(H,29,33)(H,31,34)/t23-/m0/s1. The van der Waals surface area contributed by atoms with E-state index >= 15 is 0 Å². The van der Waals surface area contributed by atoms with Crippen molar-refractivity contribution >= 4 is 29.0 Å². The Morgan fingerprint density at radius 2 is 1.61 bits per heavy atom. The molecule has 1 heterocycles. The van der Waals surface area contributed by atoms with Gasteiger partial charge in [-0.2, -0.15) is 0 Å². The Hall–Kier alpha value is -4.01. The molecule has 4 N–H and O–H groups in total. The van der Waals surface area contributed by atoms with E-state index in [1.165, 1.54) is 0 Å². The maximum Gasteiger partial charge on any atom is 0.408 e. The van der Waals surface area contributed by atoms with E-state index in [1.807, 2.05) is 60.8 Å². The highest BCUT2D eigenvalue weighted by Gasteiger charge is 2.23. The van der Waals surface area contributed by atoms with Crippen molar-refractivity contribution in [2.24, 2.45) is 0 Å². The van der Waals surface area contributed by atoms with Crippen LogP contribution in [0, 0.1) is 0 Å². The molecule has 0 saturated heterocycles. The number of benzene rings is 2. The minimum Gasteiger partial charge on any atom is -0.445 e. The van der Waals surface area contributed by atoms with E-state index in [0.29, 0.717) is 19.5 Å². The number of carbonyl (C=O) groups is 3. The average Bonchev–Trinajstić information content (AvgIpc) is 3.24. The molecule has 0 saturated carbocycles. The predicted octanol–water partition coefficient (Wildman–Crippen LogP) is 4.04. The van der Waals surface area contributed by atoms with Crippen LogP contribution in [0.1, 0.15) is 38.3 Å². The monoisotopic (exact) mass is 494 g/mol. The van der Waals surface area contributed by atoms with Crippen molar-refractivity contribution in [2.45, 2.75) is 51.9 Å². The van der Waals surface area contributed by atoms with Crippen LogP contribution < -0.4 is 16.0 Å². The summed E-state index contributed by atoms with van der Waals surface area (Å²) in [5.74, 6) is -0.339. The van der Waals surface area contributed by atoms with E-state index in [9.17, 15) is 14.4 Å². The number of carbonyl (C=O) groups excluding carboxylic acids is 3. The Bertz CT molecular complexity index is 1150.